The summed E-state index contributed by atoms with van der Waals surface area (Å²) in [5.41, 5.74) is -0.444. The number of rotatable bonds is 7. The van der Waals surface area contributed by atoms with Crippen LogP contribution in [0.4, 0.5) is 0 Å². The number of carbonyl (C=O) groups excluding carboxylic acids is 1. The van der Waals surface area contributed by atoms with Gasteiger partial charge >= 0.3 is 0 Å². The van der Waals surface area contributed by atoms with Crippen molar-refractivity contribution in [3.8, 4) is 0 Å². The van der Waals surface area contributed by atoms with Crippen LogP contribution in [0.3, 0.4) is 0 Å². The standard InChI is InChI=1S/C14H29N3O2/c1-12(2)11-19-10-7-16-13(18)14(3,4)17-8-5-15-6-9-17/h12,15H,5-11H2,1-4H3,(H,16,18). The smallest absolute Gasteiger partial charge is 0.240 e. The van der Waals surface area contributed by atoms with E-state index >= 15 is 0 Å². The Morgan fingerprint density at radius 2 is 2.00 bits per heavy atom. The minimum absolute atomic E-state index is 0.0857. The number of hydrogen-bond acceptors (Lipinski definition) is 4. The Labute approximate surface area is 117 Å². The number of piperazine rings is 1. The highest BCUT2D eigenvalue weighted by Crippen LogP contribution is 2.14. The normalized spacial score (nSPS) is 17.7. The Kier molecular flexibility index (Phi) is 6.75. The summed E-state index contributed by atoms with van der Waals surface area (Å²) in [6.07, 6.45) is 0. The van der Waals surface area contributed by atoms with E-state index in [0.29, 0.717) is 19.1 Å². The van der Waals surface area contributed by atoms with Gasteiger partial charge in [-0.05, 0) is 19.8 Å². The molecule has 1 saturated heterocycles. The highest BCUT2D eigenvalue weighted by Gasteiger charge is 2.34. The van der Waals surface area contributed by atoms with Gasteiger partial charge < -0.3 is 15.4 Å². The maximum Gasteiger partial charge on any atom is 0.240 e. The molecule has 0 aromatic rings. The van der Waals surface area contributed by atoms with Gasteiger partial charge in [-0.25, -0.2) is 0 Å². The van der Waals surface area contributed by atoms with Gasteiger partial charge in [-0.3, -0.25) is 9.69 Å². The molecule has 0 aromatic heterocycles. The lowest BCUT2D eigenvalue weighted by molar-refractivity contribution is -0.132. The first-order valence-electron chi connectivity index (χ1n) is 7.26. The lowest BCUT2D eigenvalue weighted by Gasteiger charge is -2.39. The molecule has 0 bridgehead atoms. The first-order chi connectivity index (χ1) is 8.94. The molecule has 0 atom stereocenters. The predicted molar refractivity (Wildman–Crippen MR) is 77.2 cm³/mol. The average Bonchev–Trinajstić information content (AvgIpc) is 2.38. The van der Waals surface area contributed by atoms with Gasteiger partial charge in [-0.15, -0.1) is 0 Å². The van der Waals surface area contributed by atoms with Crippen LogP contribution in [0.25, 0.3) is 0 Å². The van der Waals surface area contributed by atoms with Crippen molar-refractivity contribution in [2.75, 3.05) is 45.9 Å². The summed E-state index contributed by atoms with van der Waals surface area (Å²) in [5.74, 6) is 0.621. The molecule has 0 saturated carbocycles. The quantitative estimate of drug-likeness (QED) is 0.661. The van der Waals surface area contributed by atoms with Gasteiger partial charge in [0, 0.05) is 39.3 Å². The van der Waals surface area contributed by atoms with Crippen molar-refractivity contribution in [3.05, 3.63) is 0 Å². The number of ether oxygens (including phenoxy) is 1. The van der Waals surface area contributed by atoms with E-state index in [1.165, 1.54) is 0 Å². The van der Waals surface area contributed by atoms with Crippen molar-refractivity contribution < 1.29 is 9.53 Å². The van der Waals surface area contributed by atoms with Crippen molar-refractivity contribution in [1.29, 1.82) is 0 Å². The molecule has 112 valence electrons. The van der Waals surface area contributed by atoms with Crippen molar-refractivity contribution in [3.63, 3.8) is 0 Å². The average molecular weight is 271 g/mol. The zero-order valence-electron chi connectivity index (χ0n) is 12.8. The van der Waals surface area contributed by atoms with Crippen molar-refractivity contribution in [2.24, 2.45) is 5.92 Å². The fourth-order valence-electron chi connectivity index (χ4n) is 2.14. The molecule has 2 N–H and O–H groups in total. The minimum atomic E-state index is -0.444. The number of nitrogens with zero attached hydrogens (tertiary/aromatic N) is 1. The van der Waals surface area contributed by atoms with Gasteiger partial charge in [0.25, 0.3) is 0 Å². The Morgan fingerprint density at radius 3 is 2.58 bits per heavy atom. The van der Waals surface area contributed by atoms with Crippen LogP contribution in [-0.2, 0) is 9.53 Å². The van der Waals surface area contributed by atoms with E-state index in [1.54, 1.807) is 0 Å². The molecule has 1 rings (SSSR count). The van der Waals surface area contributed by atoms with E-state index in [-0.39, 0.29) is 5.91 Å². The summed E-state index contributed by atoms with van der Waals surface area (Å²) in [7, 11) is 0. The van der Waals surface area contributed by atoms with E-state index in [0.717, 1.165) is 32.8 Å². The van der Waals surface area contributed by atoms with Crippen LogP contribution >= 0.6 is 0 Å². The Hall–Kier alpha value is -0.650. The molecule has 1 aliphatic heterocycles. The highest BCUT2D eigenvalue weighted by molar-refractivity contribution is 5.85. The zero-order chi connectivity index (χ0) is 14.3. The van der Waals surface area contributed by atoms with Gasteiger partial charge in [-0.2, -0.15) is 0 Å². The van der Waals surface area contributed by atoms with E-state index in [4.69, 9.17) is 4.74 Å². The first-order valence-corrected chi connectivity index (χ1v) is 7.26. The van der Waals surface area contributed by atoms with E-state index in [2.05, 4.69) is 29.4 Å². The van der Waals surface area contributed by atoms with E-state index in [1.807, 2.05) is 13.8 Å². The molecule has 1 fully saturated rings. The minimum Gasteiger partial charge on any atom is -0.379 e. The number of carbonyl (C=O) groups is 1. The number of nitrogens with one attached hydrogen (secondary N) is 2. The first kappa shape index (κ1) is 16.4. The van der Waals surface area contributed by atoms with Gasteiger partial charge in [0.15, 0.2) is 0 Å². The van der Waals surface area contributed by atoms with Crippen molar-refractivity contribution >= 4 is 5.91 Å². The second-order valence-electron chi connectivity index (χ2n) is 6.02. The van der Waals surface area contributed by atoms with Crippen LogP contribution in [0, 0.1) is 5.92 Å². The lowest BCUT2D eigenvalue weighted by Crippen LogP contribution is -2.60. The summed E-state index contributed by atoms with van der Waals surface area (Å²) < 4.78 is 5.47. The lowest BCUT2D eigenvalue weighted by atomic mass is 10.0. The third-order valence-electron chi connectivity index (χ3n) is 3.45. The van der Waals surface area contributed by atoms with Gasteiger partial charge in [0.05, 0.1) is 12.1 Å². The Balaban J connectivity index is 2.26. The fraction of sp³-hybridized carbons (Fsp3) is 0.929. The second kappa shape index (κ2) is 7.82. The fourth-order valence-corrected chi connectivity index (χ4v) is 2.14. The molecule has 1 amide bonds. The SMILES string of the molecule is CC(C)COCCNC(=O)C(C)(C)N1CCNCC1. The Morgan fingerprint density at radius 1 is 1.37 bits per heavy atom. The maximum absolute atomic E-state index is 12.2. The molecule has 19 heavy (non-hydrogen) atoms. The van der Waals surface area contributed by atoms with Crippen LogP contribution in [-0.4, -0.2) is 62.3 Å². The van der Waals surface area contributed by atoms with Crippen molar-refractivity contribution in [1.82, 2.24) is 15.5 Å². The van der Waals surface area contributed by atoms with Gasteiger partial charge in [-0.1, -0.05) is 13.8 Å². The third kappa shape index (κ3) is 5.47. The van der Waals surface area contributed by atoms with Gasteiger partial charge in [0.2, 0.25) is 5.91 Å². The summed E-state index contributed by atoms with van der Waals surface area (Å²) in [6.45, 7) is 13.9. The topological polar surface area (TPSA) is 53.6 Å². The monoisotopic (exact) mass is 271 g/mol. The summed E-state index contributed by atoms with van der Waals surface area (Å²) in [6, 6.07) is 0. The molecule has 1 heterocycles. The van der Waals surface area contributed by atoms with E-state index in [9.17, 15) is 4.79 Å². The molecule has 0 spiro atoms. The third-order valence-corrected chi connectivity index (χ3v) is 3.45. The number of hydrogen-bond donors (Lipinski definition) is 2. The molecular formula is C14H29N3O2. The molecule has 1 aliphatic rings. The summed E-state index contributed by atoms with van der Waals surface area (Å²) in [5, 5.41) is 6.27. The molecule has 0 unspecified atom stereocenters. The predicted octanol–water partition coefficient (Wildman–Crippen LogP) is 0.459. The largest absolute Gasteiger partial charge is 0.379 e. The molecule has 5 heteroatoms. The number of amides is 1. The molecule has 5 nitrogen and oxygen atoms in total. The molecule has 0 radical (unpaired) electrons. The molecule has 0 aromatic carbocycles. The van der Waals surface area contributed by atoms with Crippen LogP contribution in [0.2, 0.25) is 0 Å². The maximum atomic E-state index is 12.2. The molecular weight excluding hydrogens is 242 g/mol. The van der Waals surface area contributed by atoms with Crippen LogP contribution in [0.1, 0.15) is 27.7 Å². The Bertz CT molecular complexity index is 274. The summed E-state index contributed by atoms with van der Waals surface area (Å²) >= 11 is 0. The second-order valence-corrected chi connectivity index (χ2v) is 6.02. The van der Waals surface area contributed by atoms with Crippen LogP contribution < -0.4 is 10.6 Å². The van der Waals surface area contributed by atoms with Crippen LogP contribution in [0.15, 0.2) is 0 Å². The zero-order valence-corrected chi connectivity index (χ0v) is 12.8. The van der Waals surface area contributed by atoms with Crippen molar-refractivity contribution in [2.45, 2.75) is 33.2 Å². The summed E-state index contributed by atoms with van der Waals surface area (Å²) in [4.78, 5) is 14.5. The van der Waals surface area contributed by atoms with Crippen LogP contribution in [0.5, 0.6) is 0 Å². The highest BCUT2D eigenvalue weighted by atomic mass is 16.5. The molecule has 0 aliphatic carbocycles. The van der Waals surface area contributed by atoms with Gasteiger partial charge in [0.1, 0.15) is 0 Å². The van der Waals surface area contributed by atoms with E-state index < -0.39 is 5.54 Å².